The zero-order valence-corrected chi connectivity index (χ0v) is 52.6. The van der Waals surface area contributed by atoms with E-state index >= 15 is 0 Å². The number of hydrogen-bond acceptors (Lipinski definition) is 4. The quantitative estimate of drug-likeness (QED) is 0.0347. The molecule has 4 N–H and O–H groups in total. The number of carboxylic acid groups (broad SMARTS) is 4. The van der Waals surface area contributed by atoms with Crippen LogP contribution < -0.4 is 0 Å². The van der Waals surface area contributed by atoms with Gasteiger partial charge in [0.1, 0.15) is 0 Å². The molecule has 0 saturated carbocycles. The van der Waals surface area contributed by atoms with Crippen molar-refractivity contribution in [1.82, 2.24) is 0 Å². The van der Waals surface area contributed by atoms with Gasteiger partial charge in [0, 0.05) is 25.7 Å². The minimum atomic E-state index is -0.671. The SMILES string of the molecule is CCCCC/C=C\C/C=C\CCCCCCCC(=O)O.CCCCC/C=C\C/C=C\CCCCCCCC(=O)O.CCCCC/C=C\C/C=C\CCCCCCCC(=O)O.CCCCC/C=C\C/C=C\CCCCCCCC(=O)O. The van der Waals surface area contributed by atoms with Gasteiger partial charge < -0.3 is 20.4 Å². The summed E-state index contributed by atoms with van der Waals surface area (Å²) in [6.45, 7) is 8.94. The third kappa shape index (κ3) is 96.1. The van der Waals surface area contributed by atoms with Gasteiger partial charge in [-0.2, -0.15) is 0 Å². The molecule has 0 spiro atoms. The molecule has 0 unspecified atom stereocenters. The highest BCUT2D eigenvalue weighted by atomic mass is 16.4. The zero-order chi connectivity index (χ0) is 59.6. The third-order valence-corrected chi connectivity index (χ3v) is 13.4. The van der Waals surface area contributed by atoms with E-state index in [0.717, 1.165) is 103 Å². The topological polar surface area (TPSA) is 149 Å². The molecule has 80 heavy (non-hydrogen) atoms. The van der Waals surface area contributed by atoms with Crippen LogP contribution in [0.2, 0.25) is 0 Å². The van der Waals surface area contributed by atoms with E-state index < -0.39 is 23.9 Å². The Labute approximate surface area is 494 Å². The summed E-state index contributed by atoms with van der Waals surface area (Å²) < 4.78 is 0. The van der Waals surface area contributed by atoms with Crippen LogP contribution in [0.3, 0.4) is 0 Å². The monoisotopic (exact) mass is 1120 g/mol. The van der Waals surface area contributed by atoms with Crippen LogP contribution in [-0.4, -0.2) is 44.3 Å². The lowest BCUT2D eigenvalue weighted by atomic mass is 10.1. The Kier molecular flexibility index (Phi) is 81.3. The molecule has 0 radical (unpaired) electrons. The molecule has 0 aliphatic heterocycles. The Morgan fingerprint density at radius 3 is 0.487 bits per heavy atom. The molecule has 0 heterocycles. The highest BCUT2D eigenvalue weighted by molar-refractivity contribution is 5.67. The Balaban J connectivity index is -0.000000481. The Morgan fingerprint density at radius 1 is 0.200 bits per heavy atom. The molecule has 0 aromatic heterocycles. The van der Waals surface area contributed by atoms with Gasteiger partial charge in [-0.3, -0.25) is 19.2 Å². The summed E-state index contributed by atoms with van der Waals surface area (Å²) in [5.41, 5.74) is 0. The minimum absolute atomic E-state index is 0.324. The van der Waals surface area contributed by atoms with Crippen LogP contribution in [0.25, 0.3) is 0 Å². The van der Waals surface area contributed by atoms with Crippen LogP contribution in [0.5, 0.6) is 0 Å². The van der Waals surface area contributed by atoms with Crippen molar-refractivity contribution in [2.75, 3.05) is 0 Å². The maximum absolute atomic E-state index is 10.3. The fourth-order valence-electron chi connectivity index (χ4n) is 8.35. The molecular weight excluding hydrogens is 993 g/mol. The second-order valence-corrected chi connectivity index (χ2v) is 21.5. The van der Waals surface area contributed by atoms with Crippen molar-refractivity contribution in [2.24, 2.45) is 0 Å². The minimum Gasteiger partial charge on any atom is -0.481 e. The number of carbonyl (C=O) groups is 4. The van der Waals surface area contributed by atoms with Gasteiger partial charge in [0.05, 0.1) is 0 Å². The summed E-state index contributed by atoms with van der Waals surface area (Å²) in [5, 5.41) is 34.0. The van der Waals surface area contributed by atoms with Crippen LogP contribution in [0.15, 0.2) is 97.2 Å². The summed E-state index contributed by atoms with van der Waals surface area (Å²) in [5.74, 6) is -2.68. The van der Waals surface area contributed by atoms with Gasteiger partial charge in [0.2, 0.25) is 0 Å². The Hall–Kier alpha value is -4.20. The molecule has 0 bridgehead atoms. The van der Waals surface area contributed by atoms with Crippen LogP contribution >= 0.6 is 0 Å². The lowest BCUT2D eigenvalue weighted by Gasteiger charge is -1.98. The molecule has 0 fully saturated rings. The molecule has 0 aliphatic carbocycles. The molecule has 0 rings (SSSR count). The lowest BCUT2D eigenvalue weighted by Crippen LogP contribution is -1.93. The summed E-state index contributed by atoms with van der Waals surface area (Å²) in [7, 11) is 0. The molecule has 464 valence electrons. The fraction of sp³-hybridized carbons (Fsp3) is 0.722. The largest absolute Gasteiger partial charge is 0.481 e. The van der Waals surface area contributed by atoms with E-state index in [1.54, 1.807) is 0 Å². The molecule has 0 aromatic rings. The number of aliphatic carboxylic acids is 4. The highest BCUT2D eigenvalue weighted by Crippen LogP contribution is 2.12. The molecular formula is C72H128O8. The molecule has 0 amide bonds. The second-order valence-electron chi connectivity index (χ2n) is 21.5. The van der Waals surface area contributed by atoms with Crippen LogP contribution in [0, 0.1) is 0 Å². The van der Waals surface area contributed by atoms with Crippen molar-refractivity contribution >= 4 is 23.9 Å². The number of unbranched alkanes of at least 4 members (excludes halogenated alkanes) is 32. The average Bonchev–Trinajstić information content (AvgIpc) is 3.43. The van der Waals surface area contributed by atoms with Gasteiger partial charge in [0.25, 0.3) is 0 Å². The van der Waals surface area contributed by atoms with Gasteiger partial charge in [0.15, 0.2) is 0 Å². The van der Waals surface area contributed by atoms with Crippen molar-refractivity contribution in [2.45, 2.75) is 336 Å². The van der Waals surface area contributed by atoms with E-state index in [2.05, 4.69) is 125 Å². The molecule has 0 aliphatic rings. The van der Waals surface area contributed by atoms with Gasteiger partial charge in [-0.1, -0.05) is 253 Å². The zero-order valence-electron chi connectivity index (χ0n) is 52.6. The van der Waals surface area contributed by atoms with Gasteiger partial charge in [-0.05, 0) is 154 Å². The van der Waals surface area contributed by atoms with Crippen LogP contribution in [-0.2, 0) is 19.2 Å². The van der Waals surface area contributed by atoms with Gasteiger partial charge in [-0.15, -0.1) is 0 Å². The van der Waals surface area contributed by atoms with E-state index in [-0.39, 0.29) is 0 Å². The van der Waals surface area contributed by atoms with Crippen molar-refractivity contribution in [3.63, 3.8) is 0 Å². The Morgan fingerprint density at radius 2 is 0.338 bits per heavy atom. The van der Waals surface area contributed by atoms with Crippen molar-refractivity contribution in [3.8, 4) is 0 Å². The first kappa shape index (κ1) is 82.3. The van der Waals surface area contributed by atoms with E-state index in [9.17, 15) is 19.2 Å². The summed E-state index contributed by atoms with van der Waals surface area (Å²) in [4.78, 5) is 41.3. The first-order valence-corrected chi connectivity index (χ1v) is 33.2. The van der Waals surface area contributed by atoms with E-state index in [0.29, 0.717) is 25.7 Å². The summed E-state index contributed by atoms with van der Waals surface area (Å²) in [6.07, 6.45) is 89.1. The smallest absolute Gasteiger partial charge is 0.303 e. The lowest BCUT2D eigenvalue weighted by molar-refractivity contribution is -0.138. The molecule has 0 saturated heterocycles. The maximum Gasteiger partial charge on any atom is 0.303 e. The van der Waals surface area contributed by atoms with Gasteiger partial charge >= 0.3 is 23.9 Å². The molecule has 8 heteroatoms. The average molecular weight is 1120 g/mol. The third-order valence-electron chi connectivity index (χ3n) is 13.4. The van der Waals surface area contributed by atoms with Crippen molar-refractivity contribution < 1.29 is 39.6 Å². The fourth-order valence-corrected chi connectivity index (χ4v) is 8.35. The number of carboxylic acids is 4. The second kappa shape index (κ2) is 79.0. The van der Waals surface area contributed by atoms with E-state index in [4.69, 9.17) is 20.4 Å². The van der Waals surface area contributed by atoms with Crippen molar-refractivity contribution in [1.29, 1.82) is 0 Å². The first-order chi connectivity index (χ1) is 39.1. The molecule has 0 atom stereocenters. The molecule has 0 aromatic carbocycles. The number of rotatable bonds is 56. The van der Waals surface area contributed by atoms with Crippen LogP contribution in [0.1, 0.15) is 336 Å². The standard InChI is InChI=1S/4C18H32O2/c4*1-2-3-4-5-6-7-8-9-10-11-12-13-14-15-16-17-18(19)20/h4*6-7,9-10H,2-5,8,11-17H2,1H3,(H,19,20)/b4*7-6-,10-9-. The Bertz CT molecular complexity index is 1290. The maximum atomic E-state index is 10.3. The van der Waals surface area contributed by atoms with E-state index in [1.165, 1.54) is 180 Å². The van der Waals surface area contributed by atoms with E-state index in [1.807, 2.05) is 0 Å². The predicted molar refractivity (Wildman–Crippen MR) is 348 cm³/mol. The van der Waals surface area contributed by atoms with Gasteiger partial charge in [-0.25, -0.2) is 0 Å². The predicted octanol–water partition coefficient (Wildman–Crippen LogP) is 23.5. The summed E-state index contributed by atoms with van der Waals surface area (Å²) >= 11 is 0. The number of hydrogen-bond donors (Lipinski definition) is 4. The molecule has 8 nitrogen and oxygen atoms in total. The first-order valence-electron chi connectivity index (χ1n) is 33.2. The van der Waals surface area contributed by atoms with Crippen molar-refractivity contribution in [3.05, 3.63) is 97.2 Å². The highest BCUT2D eigenvalue weighted by Gasteiger charge is 1.99. The normalized spacial score (nSPS) is 11.7. The summed E-state index contributed by atoms with van der Waals surface area (Å²) in [6, 6.07) is 0. The number of allylic oxidation sites excluding steroid dienone is 16. The van der Waals surface area contributed by atoms with Crippen LogP contribution in [0.4, 0.5) is 0 Å².